The summed E-state index contributed by atoms with van der Waals surface area (Å²) >= 11 is 0. The van der Waals surface area contributed by atoms with E-state index in [-0.39, 0.29) is 13.2 Å². The van der Waals surface area contributed by atoms with Crippen LogP contribution in [0.1, 0.15) is 22.8 Å². The minimum Gasteiger partial charge on any atom is -0.496 e. The number of nitrogens with zero attached hydrogens (tertiary/aromatic N) is 1. The molecule has 32 heavy (non-hydrogen) atoms. The lowest BCUT2D eigenvalue weighted by atomic mass is 10.2. The molecule has 0 heterocycles. The number of carbonyl (C=O) groups is 3. The zero-order chi connectivity index (χ0) is 23.3. The monoisotopic (exact) mass is 443 g/mol. The highest BCUT2D eigenvalue weighted by molar-refractivity contribution is 5.98. The van der Waals surface area contributed by atoms with Crippen molar-refractivity contribution in [2.45, 2.75) is 6.92 Å². The summed E-state index contributed by atoms with van der Waals surface area (Å²) < 4.78 is 20.6. The number of carbonyl (C=O) groups excluding carboxylic acids is 3. The topological polar surface area (TPSA) is 125 Å². The van der Waals surface area contributed by atoms with Crippen LogP contribution in [0.5, 0.6) is 17.2 Å². The van der Waals surface area contributed by atoms with E-state index in [9.17, 15) is 14.4 Å². The number of rotatable bonds is 11. The molecule has 0 saturated carbocycles. The van der Waals surface area contributed by atoms with Crippen molar-refractivity contribution in [2.24, 2.45) is 5.10 Å². The molecule has 0 unspecified atom stereocenters. The minimum atomic E-state index is -0.515. The Labute approximate surface area is 185 Å². The average molecular weight is 443 g/mol. The van der Waals surface area contributed by atoms with Gasteiger partial charge in [-0.3, -0.25) is 9.59 Å². The van der Waals surface area contributed by atoms with Crippen LogP contribution in [0.4, 0.5) is 0 Å². The van der Waals surface area contributed by atoms with Crippen LogP contribution in [-0.2, 0) is 14.3 Å². The van der Waals surface area contributed by atoms with Crippen molar-refractivity contribution >= 4 is 24.0 Å². The van der Waals surface area contributed by atoms with Gasteiger partial charge in [0.25, 0.3) is 11.8 Å². The average Bonchev–Trinajstić information content (AvgIpc) is 2.81. The largest absolute Gasteiger partial charge is 0.496 e. The standard InChI is InChI=1S/C22H25N3O7/c1-4-31-19-11-15(9-10-18(19)32-14-21(27)30-3)12-24-25-20(26)13-23-22(28)16-7-5-6-8-17(16)29-2/h5-12H,4,13-14H2,1-3H3,(H,23,28)(H,25,26). The molecule has 2 rings (SSSR count). The Morgan fingerprint density at radius 2 is 1.78 bits per heavy atom. The lowest BCUT2D eigenvalue weighted by Gasteiger charge is -2.11. The number of ether oxygens (including phenoxy) is 4. The van der Waals surface area contributed by atoms with E-state index < -0.39 is 17.8 Å². The molecule has 0 atom stereocenters. The molecule has 0 radical (unpaired) electrons. The van der Waals surface area contributed by atoms with E-state index in [1.165, 1.54) is 20.4 Å². The van der Waals surface area contributed by atoms with Gasteiger partial charge in [0, 0.05) is 0 Å². The van der Waals surface area contributed by atoms with Crippen molar-refractivity contribution in [2.75, 3.05) is 34.0 Å². The maximum absolute atomic E-state index is 12.2. The molecule has 170 valence electrons. The molecule has 2 aromatic carbocycles. The van der Waals surface area contributed by atoms with Gasteiger partial charge in [-0.2, -0.15) is 5.10 Å². The first-order valence-electron chi connectivity index (χ1n) is 9.68. The second kappa shape index (κ2) is 12.6. The summed E-state index contributed by atoms with van der Waals surface area (Å²) in [5.74, 6) is -0.266. The molecule has 10 nitrogen and oxygen atoms in total. The Bertz CT molecular complexity index is 976. The number of hydrogen-bond acceptors (Lipinski definition) is 8. The first kappa shape index (κ1) is 24.2. The lowest BCUT2D eigenvalue weighted by Crippen LogP contribution is -2.35. The molecule has 0 aliphatic carbocycles. The second-order valence-electron chi connectivity index (χ2n) is 6.18. The van der Waals surface area contributed by atoms with Gasteiger partial charge in [-0.15, -0.1) is 0 Å². The third kappa shape index (κ3) is 7.31. The predicted octanol–water partition coefficient (Wildman–Crippen LogP) is 1.53. The van der Waals surface area contributed by atoms with E-state index >= 15 is 0 Å². The first-order valence-corrected chi connectivity index (χ1v) is 9.68. The SMILES string of the molecule is CCOc1cc(C=NNC(=O)CNC(=O)c2ccccc2OC)ccc1OCC(=O)OC. The fourth-order valence-corrected chi connectivity index (χ4v) is 2.49. The third-order valence-electron chi connectivity index (χ3n) is 4.00. The Kier molecular flexibility index (Phi) is 9.51. The first-order chi connectivity index (χ1) is 15.5. The molecule has 0 aromatic heterocycles. The highest BCUT2D eigenvalue weighted by atomic mass is 16.6. The molecule has 2 N–H and O–H groups in total. The quantitative estimate of drug-likeness (QED) is 0.307. The summed E-state index contributed by atoms with van der Waals surface area (Å²) in [7, 11) is 2.73. The van der Waals surface area contributed by atoms with Gasteiger partial charge in [0.2, 0.25) is 0 Å². The minimum absolute atomic E-state index is 0.249. The van der Waals surface area contributed by atoms with Crippen molar-refractivity contribution in [1.82, 2.24) is 10.7 Å². The summed E-state index contributed by atoms with van der Waals surface area (Å²) in [6.45, 7) is 1.68. The van der Waals surface area contributed by atoms with E-state index in [1.54, 1.807) is 42.5 Å². The van der Waals surface area contributed by atoms with Gasteiger partial charge in [-0.25, -0.2) is 10.2 Å². The van der Waals surface area contributed by atoms with Crippen LogP contribution in [0, 0.1) is 0 Å². The smallest absolute Gasteiger partial charge is 0.343 e. The molecule has 10 heteroatoms. The van der Waals surface area contributed by atoms with Gasteiger partial charge in [0.05, 0.1) is 39.1 Å². The van der Waals surface area contributed by atoms with Gasteiger partial charge >= 0.3 is 5.97 Å². The Hall–Kier alpha value is -4.08. The molecular weight excluding hydrogens is 418 g/mol. The van der Waals surface area contributed by atoms with Crippen molar-refractivity contribution < 1.29 is 33.3 Å². The number of methoxy groups -OCH3 is 2. The van der Waals surface area contributed by atoms with Crippen LogP contribution in [-0.4, -0.2) is 58.0 Å². The number of benzene rings is 2. The van der Waals surface area contributed by atoms with Gasteiger partial charge in [-0.05, 0) is 42.8 Å². The van der Waals surface area contributed by atoms with E-state index in [0.29, 0.717) is 35.0 Å². The zero-order valence-corrected chi connectivity index (χ0v) is 18.0. The van der Waals surface area contributed by atoms with Crippen molar-refractivity contribution in [3.8, 4) is 17.2 Å². The number of para-hydroxylation sites is 1. The molecular formula is C22H25N3O7. The summed E-state index contributed by atoms with van der Waals surface area (Å²) in [5.41, 5.74) is 3.28. The van der Waals surface area contributed by atoms with Gasteiger partial charge in [0.15, 0.2) is 18.1 Å². The highest BCUT2D eigenvalue weighted by Gasteiger charge is 2.12. The van der Waals surface area contributed by atoms with Gasteiger partial charge in [0.1, 0.15) is 5.75 Å². The number of nitrogens with one attached hydrogen (secondary N) is 2. The van der Waals surface area contributed by atoms with Crippen LogP contribution in [0.15, 0.2) is 47.6 Å². The number of amides is 2. The molecule has 0 fully saturated rings. The van der Waals surface area contributed by atoms with Crippen molar-refractivity contribution in [3.63, 3.8) is 0 Å². The van der Waals surface area contributed by atoms with Gasteiger partial charge in [-0.1, -0.05) is 12.1 Å². The van der Waals surface area contributed by atoms with Crippen LogP contribution in [0.25, 0.3) is 0 Å². The van der Waals surface area contributed by atoms with E-state index in [2.05, 4.69) is 20.6 Å². The molecule has 2 aromatic rings. The van der Waals surface area contributed by atoms with E-state index in [4.69, 9.17) is 14.2 Å². The zero-order valence-electron chi connectivity index (χ0n) is 18.0. The molecule has 0 aliphatic heterocycles. The molecule has 0 bridgehead atoms. The van der Waals surface area contributed by atoms with Crippen LogP contribution >= 0.6 is 0 Å². The van der Waals surface area contributed by atoms with E-state index in [1.807, 2.05) is 6.92 Å². The van der Waals surface area contributed by atoms with E-state index in [0.717, 1.165) is 0 Å². The van der Waals surface area contributed by atoms with Crippen LogP contribution < -0.4 is 25.0 Å². The van der Waals surface area contributed by atoms with Crippen molar-refractivity contribution in [3.05, 3.63) is 53.6 Å². The summed E-state index contributed by atoms with van der Waals surface area (Å²) in [4.78, 5) is 35.4. The molecule has 0 aliphatic rings. The molecule has 2 amide bonds. The third-order valence-corrected chi connectivity index (χ3v) is 4.00. The maximum atomic E-state index is 12.2. The number of hydrogen-bond donors (Lipinski definition) is 2. The Morgan fingerprint density at radius 1 is 1.00 bits per heavy atom. The fourth-order valence-electron chi connectivity index (χ4n) is 2.49. The van der Waals surface area contributed by atoms with Crippen LogP contribution in [0.3, 0.4) is 0 Å². The Morgan fingerprint density at radius 3 is 2.50 bits per heavy atom. The van der Waals surface area contributed by atoms with Gasteiger partial charge < -0.3 is 24.3 Å². The highest BCUT2D eigenvalue weighted by Crippen LogP contribution is 2.28. The Balaban J connectivity index is 1.90. The molecule has 0 spiro atoms. The number of esters is 1. The predicted molar refractivity (Wildman–Crippen MR) is 116 cm³/mol. The fraction of sp³-hybridized carbons (Fsp3) is 0.273. The maximum Gasteiger partial charge on any atom is 0.343 e. The normalized spacial score (nSPS) is 10.3. The lowest BCUT2D eigenvalue weighted by molar-refractivity contribution is -0.142. The summed E-state index contributed by atoms with van der Waals surface area (Å²) in [6, 6.07) is 11.6. The van der Waals surface area contributed by atoms with Crippen LogP contribution in [0.2, 0.25) is 0 Å². The summed E-state index contributed by atoms with van der Waals surface area (Å²) in [5, 5.41) is 6.38. The summed E-state index contributed by atoms with van der Waals surface area (Å²) in [6.07, 6.45) is 1.41. The number of hydrazone groups is 1. The molecule has 0 saturated heterocycles. The van der Waals surface area contributed by atoms with Crippen molar-refractivity contribution in [1.29, 1.82) is 0 Å². The second-order valence-corrected chi connectivity index (χ2v) is 6.18.